The highest BCUT2D eigenvalue weighted by Gasteiger charge is 2.17. The van der Waals surface area contributed by atoms with Crippen LogP contribution >= 0.6 is 11.6 Å². The maximum Gasteiger partial charge on any atom is 0.331 e. The molecule has 1 aromatic rings. The zero-order valence-corrected chi connectivity index (χ0v) is 12.4. The number of esters is 1. The van der Waals surface area contributed by atoms with Gasteiger partial charge in [0.2, 0.25) is 0 Å². The molecule has 1 saturated carbocycles. The Morgan fingerprint density at radius 1 is 1.24 bits per heavy atom. The minimum atomic E-state index is -0.536. The average Bonchev–Trinajstić information content (AvgIpc) is 2.97. The topological polar surface area (TPSA) is 55.4 Å². The van der Waals surface area contributed by atoms with Crippen molar-refractivity contribution in [3.8, 4) is 0 Å². The van der Waals surface area contributed by atoms with Crippen molar-refractivity contribution in [3.05, 3.63) is 40.9 Å². The highest BCUT2D eigenvalue weighted by Crippen LogP contribution is 2.17. The van der Waals surface area contributed by atoms with Gasteiger partial charge in [-0.1, -0.05) is 36.6 Å². The molecule has 1 aliphatic carbocycles. The number of hydrogen-bond donors (Lipinski definition) is 1. The van der Waals surface area contributed by atoms with Crippen molar-refractivity contribution in [2.45, 2.75) is 31.7 Å². The molecule has 0 aromatic heterocycles. The first kappa shape index (κ1) is 15.6. The van der Waals surface area contributed by atoms with Crippen LogP contribution < -0.4 is 5.32 Å². The average molecular weight is 308 g/mol. The molecular formula is C16H18ClNO3. The fourth-order valence-electron chi connectivity index (χ4n) is 2.26. The monoisotopic (exact) mass is 307 g/mol. The van der Waals surface area contributed by atoms with Crippen LogP contribution in [0.25, 0.3) is 6.08 Å². The third-order valence-corrected chi connectivity index (χ3v) is 3.60. The largest absolute Gasteiger partial charge is 0.452 e. The van der Waals surface area contributed by atoms with Gasteiger partial charge in [0.05, 0.1) is 0 Å². The molecule has 4 nitrogen and oxygen atoms in total. The minimum absolute atomic E-state index is 0.236. The van der Waals surface area contributed by atoms with E-state index in [1.165, 1.54) is 6.08 Å². The molecule has 1 aliphatic rings. The molecule has 0 heterocycles. The van der Waals surface area contributed by atoms with Gasteiger partial charge >= 0.3 is 5.97 Å². The molecule has 0 unspecified atom stereocenters. The first-order valence-electron chi connectivity index (χ1n) is 7.03. The molecule has 0 saturated heterocycles. The molecule has 1 fully saturated rings. The van der Waals surface area contributed by atoms with E-state index in [0.29, 0.717) is 5.02 Å². The second-order valence-corrected chi connectivity index (χ2v) is 5.48. The van der Waals surface area contributed by atoms with E-state index in [1.807, 2.05) is 0 Å². The van der Waals surface area contributed by atoms with Crippen molar-refractivity contribution in [2.24, 2.45) is 0 Å². The highest BCUT2D eigenvalue weighted by molar-refractivity contribution is 6.30. The number of nitrogens with one attached hydrogen (secondary N) is 1. The number of ether oxygens (including phenoxy) is 1. The predicted octanol–water partition coefficient (Wildman–Crippen LogP) is 2.96. The Morgan fingerprint density at radius 2 is 1.90 bits per heavy atom. The molecule has 1 aromatic carbocycles. The third kappa shape index (κ3) is 5.60. The van der Waals surface area contributed by atoms with Crippen molar-refractivity contribution >= 4 is 29.6 Å². The molecule has 1 N–H and O–H groups in total. The molecule has 0 bridgehead atoms. The lowest BCUT2D eigenvalue weighted by Gasteiger charge is -2.11. The molecule has 0 radical (unpaired) electrons. The van der Waals surface area contributed by atoms with Gasteiger partial charge < -0.3 is 10.1 Å². The Bertz CT molecular complexity index is 519. The van der Waals surface area contributed by atoms with Crippen LogP contribution in [-0.2, 0) is 14.3 Å². The molecule has 2 rings (SSSR count). The maximum absolute atomic E-state index is 11.6. The Kier molecular flexibility index (Phi) is 5.81. The van der Waals surface area contributed by atoms with E-state index in [2.05, 4.69) is 5.32 Å². The number of hydrogen-bond acceptors (Lipinski definition) is 3. The molecule has 0 aliphatic heterocycles. The zero-order valence-electron chi connectivity index (χ0n) is 11.7. The Labute approximate surface area is 129 Å². The van der Waals surface area contributed by atoms with E-state index in [9.17, 15) is 9.59 Å². The van der Waals surface area contributed by atoms with Crippen LogP contribution in [-0.4, -0.2) is 24.5 Å². The summed E-state index contributed by atoms with van der Waals surface area (Å²) in [6.07, 6.45) is 7.23. The molecular weight excluding hydrogens is 290 g/mol. The first-order valence-corrected chi connectivity index (χ1v) is 7.41. The van der Waals surface area contributed by atoms with Gasteiger partial charge in [-0.3, -0.25) is 4.79 Å². The van der Waals surface area contributed by atoms with Gasteiger partial charge in [0.15, 0.2) is 6.61 Å². The molecule has 0 atom stereocenters. The minimum Gasteiger partial charge on any atom is -0.452 e. The molecule has 5 heteroatoms. The van der Waals surface area contributed by atoms with Crippen LogP contribution in [0, 0.1) is 0 Å². The van der Waals surface area contributed by atoms with E-state index < -0.39 is 5.97 Å². The number of benzene rings is 1. The number of halogens is 1. The van der Waals surface area contributed by atoms with Crippen molar-refractivity contribution in [1.82, 2.24) is 5.32 Å². The lowest BCUT2D eigenvalue weighted by Crippen LogP contribution is -2.35. The normalized spacial score (nSPS) is 15.3. The fraction of sp³-hybridized carbons (Fsp3) is 0.375. The summed E-state index contributed by atoms with van der Waals surface area (Å²) in [7, 11) is 0. The van der Waals surface area contributed by atoms with Crippen LogP contribution in [0.5, 0.6) is 0 Å². The van der Waals surface area contributed by atoms with Crippen LogP contribution in [0.1, 0.15) is 31.2 Å². The van der Waals surface area contributed by atoms with Crippen LogP contribution in [0.3, 0.4) is 0 Å². The van der Waals surface area contributed by atoms with Gasteiger partial charge in [-0.15, -0.1) is 0 Å². The van der Waals surface area contributed by atoms with Crippen molar-refractivity contribution < 1.29 is 14.3 Å². The van der Waals surface area contributed by atoms with Crippen molar-refractivity contribution in [3.63, 3.8) is 0 Å². The smallest absolute Gasteiger partial charge is 0.331 e. The van der Waals surface area contributed by atoms with Gasteiger partial charge in [-0.05, 0) is 36.6 Å². The molecule has 1 amide bonds. The maximum atomic E-state index is 11.6. The van der Waals surface area contributed by atoms with Gasteiger partial charge in [0.25, 0.3) is 5.91 Å². The summed E-state index contributed by atoms with van der Waals surface area (Å²) in [6, 6.07) is 7.29. The molecule has 21 heavy (non-hydrogen) atoms. The lowest BCUT2D eigenvalue weighted by molar-refractivity contribution is -0.144. The summed E-state index contributed by atoms with van der Waals surface area (Å²) in [5, 5.41) is 3.50. The third-order valence-electron chi connectivity index (χ3n) is 3.35. The Morgan fingerprint density at radius 3 is 2.57 bits per heavy atom. The number of amides is 1. The van der Waals surface area contributed by atoms with Crippen LogP contribution in [0.2, 0.25) is 5.02 Å². The van der Waals surface area contributed by atoms with Crippen LogP contribution in [0.15, 0.2) is 30.3 Å². The predicted molar refractivity (Wildman–Crippen MR) is 81.8 cm³/mol. The fourth-order valence-corrected chi connectivity index (χ4v) is 2.39. The highest BCUT2D eigenvalue weighted by atomic mass is 35.5. The van der Waals surface area contributed by atoms with Crippen molar-refractivity contribution in [2.75, 3.05) is 6.61 Å². The standard InChI is InChI=1S/C16H18ClNO3/c17-13-8-5-12(6-9-13)7-10-16(20)21-11-15(19)18-14-3-1-2-4-14/h5-10,14H,1-4,11H2,(H,18,19)/b10-7+. The van der Waals surface area contributed by atoms with Crippen LogP contribution in [0.4, 0.5) is 0 Å². The van der Waals surface area contributed by atoms with Gasteiger partial charge in [-0.2, -0.15) is 0 Å². The first-order chi connectivity index (χ1) is 10.1. The van der Waals surface area contributed by atoms with Gasteiger partial charge in [0.1, 0.15) is 0 Å². The Balaban J connectivity index is 1.71. The van der Waals surface area contributed by atoms with E-state index in [4.69, 9.17) is 16.3 Å². The van der Waals surface area contributed by atoms with Crippen molar-refractivity contribution in [1.29, 1.82) is 0 Å². The second kappa shape index (κ2) is 7.84. The summed E-state index contributed by atoms with van der Waals surface area (Å²) in [4.78, 5) is 23.1. The summed E-state index contributed by atoms with van der Waals surface area (Å²) in [5.41, 5.74) is 0.840. The van der Waals surface area contributed by atoms with E-state index in [0.717, 1.165) is 31.2 Å². The second-order valence-electron chi connectivity index (χ2n) is 5.04. The van der Waals surface area contributed by atoms with E-state index >= 15 is 0 Å². The summed E-state index contributed by atoms with van der Waals surface area (Å²) < 4.78 is 4.90. The summed E-state index contributed by atoms with van der Waals surface area (Å²) >= 11 is 5.77. The quantitative estimate of drug-likeness (QED) is 0.672. The lowest BCUT2D eigenvalue weighted by atomic mass is 10.2. The van der Waals surface area contributed by atoms with E-state index in [1.54, 1.807) is 30.3 Å². The molecule has 112 valence electrons. The summed E-state index contributed by atoms with van der Waals surface area (Å²) in [6.45, 7) is -0.236. The van der Waals surface area contributed by atoms with Gasteiger partial charge in [0, 0.05) is 17.1 Å². The SMILES string of the molecule is O=C(COC(=O)/C=C/c1ccc(Cl)cc1)NC1CCCC1. The number of carbonyl (C=O) groups excluding carboxylic acids is 2. The number of rotatable bonds is 5. The molecule has 0 spiro atoms. The zero-order chi connectivity index (χ0) is 15.1. The summed E-state index contributed by atoms with van der Waals surface area (Å²) in [5.74, 6) is -0.776. The number of carbonyl (C=O) groups is 2. The van der Waals surface area contributed by atoms with Gasteiger partial charge in [-0.25, -0.2) is 4.79 Å². The van der Waals surface area contributed by atoms with E-state index in [-0.39, 0.29) is 18.6 Å². The Hall–Kier alpha value is -1.81.